The molecule has 3 aromatic rings. The molecule has 116 valence electrons. The number of rotatable bonds is 5. The molecule has 3 rings (SSSR count). The van der Waals surface area contributed by atoms with E-state index >= 15 is 0 Å². The molecule has 23 heavy (non-hydrogen) atoms. The second kappa shape index (κ2) is 7.24. The monoisotopic (exact) mass is 369 g/mol. The highest BCUT2D eigenvalue weighted by molar-refractivity contribution is 9.10. The number of aromatic nitrogens is 2. The van der Waals surface area contributed by atoms with E-state index in [1.807, 2.05) is 41.1 Å². The first kappa shape index (κ1) is 15.5. The topological polar surface area (TPSA) is 46.9 Å². The molecule has 0 saturated heterocycles. The molecule has 1 aromatic heterocycles. The van der Waals surface area contributed by atoms with Crippen molar-refractivity contribution in [2.45, 2.75) is 13.1 Å². The van der Waals surface area contributed by atoms with Gasteiger partial charge in [0.2, 0.25) is 0 Å². The van der Waals surface area contributed by atoms with Crippen LogP contribution in [0.5, 0.6) is 0 Å². The van der Waals surface area contributed by atoms with Crippen LogP contribution in [-0.4, -0.2) is 15.5 Å². The Labute approximate surface area is 143 Å². The fourth-order valence-corrected chi connectivity index (χ4v) is 2.74. The maximum atomic E-state index is 12.2. The van der Waals surface area contributed by atoms with Crippen molar-refractivity contribution in [1.29, 1.82) is 0 Å². The Balaban J connectivity index is 1.58. The quantitative estimate of drug-likeness (QED) is 0.746. The largest absolute Gasteiger partial charge is 0.348 e. The number of amides is 1. The van der Waals surface area contributed by atoms with Gasteiger partial charge in [0.25, 0.3) is 5.91 Å². The van der Waals surface area contributed by atoms with Gasteiger partial charge >= 0.3 is 0 Å². The van der Waals surface area contributed by atoms with Crippen LogP contribution in [0.1, 0.15) is 21.5 Å². The fraction of sp³-hybridized carbons (Fsp3) is 0.111. The van der Waals surface area contributed by atoms with Crippen molar-refractivity contribution in [3.63, 3.8) is 0 Å². The van der Waals surface area contributed by atoms with Crippen LogP contribution < -0.4 is 5.32 Å². The zero-order valence-corrected chi connectivity index (χ0v) is 14.0. The number of benzene rings is 2. The minimum Gasteiger partial charge on any atom is -0.348 e. The Bertz CT molecular complexity index is 782. The maximum absolute atomic E-state index is 12.2. The molecule has 1 N–H and O–H groups in total. The van der Waals surface area contributed by atoms with Gasteiger partial charge < -0.3 is 9.88 Å². The number of nitrogens with zero attached hydrogens (tertiary/aromatic N) is 2. The number of carbonyl (C=O) groups is 1. The van der Waals surface area contributed by atoms with Crippen LogP contribution in [0, 0.1) is 0 Å². The number of hydrogen-bond donors (Lipinski definition) is 1. The summed E-state index contributed by atoms with van der Waals surface area (Å²) in [5.74, 6) is -0.0834. The second-order valence-corrected chi connectivity index (χ2v) is 6.07. The third-order valence-corrected chi connectivity index (χ3v) is 4.21. The Kier molecular flexibility index (Phi) is 4.88. The summed E-state index contributed by atoms with van der Waals surface area (Å²) in [5.41, 5.74) is 2.91. The van der Waals surface area contributed by atoms with Gasteiger partial charge in [0.1, 0.15) is 0 Å². The molecule has 4 nitrogen and oxygen atoms in total. The lowest BCUT2D eigenvalue weighted by molar-refractivity contribution is 0.0950. The number of halogens is 1. The average molecular weight is 370 g/mol. The molecular formula is C18H16BrN3O. The van der Waals surface area contributed by atoms with Crippen molar-refractivity contribution in [2.75, 3.05) is 0 Å². The van der Waals surface area contributed by atoms with E-state index in [9.17, 15) is 4.79 Å². The van der Waals surface area contributed by atoms with Crippen LogP contribution in [0.3, 0.4) is 0 Å². The predicted molar refractivity (Wildman–Crippen MR) is 93.1 cm³/mol. The van der Waals surface area contributed by atoms with E-state index in [0.29, 0.717) is 12.1 Å². The van der Waals surface area contributed by atoms with Crippen molar-refractivity contribution < 1.29 is 4.79 Å². The predicted octanol–water partition coefficient (Wildman–Crippen LogP) is 3.62. The Hall–Kier alpha value is -2.40. The SMILES string of the molecule is O=C(NCc1ccc(Cn2ccnc2)cc1)c1ccccc1Br. The Morgan fingerprint density at radius 1 is 1.09 bits per heavy atom. The molecule has 1 amide bonds. The minimum atomic E-state index is -0.0834. The number of carbonyl (C=O) groups excluding carboxylic acids is 1. The number of nitrogens with one attached hydrogen (secondary N) is 1. The molecule has 0 aliphatic rings. The third kappa shape index (κ3) is 4.07. The van der Waals surface area contributed by atoms with E-state index in [1.54, 1.807) is 18.6 Å². The molecule has 0 bridgehead atoms. The zero-order chi connectivity index (χ0) is 16.1. The Morgan fingerprint density at radius 3 is 2.52 bits per heavy atom. The van der Waals surface area contributed by atoms with Crippen molar-refractivity contribution >= 4 is 21.8 Å². The van der Waals surface area contributed by atoms with E-state index in [0.717, 1.165) is 16.6 Å². The highest BCUT2D eigenvalue weighted by atomic mass is 79.9. The first-order valence-corrected chi connectivity index (χ1v) is 8.08. The summed E-state index contributed by atoms with van der Waals surface area (Å²) in [4.78, 5) is 16.2. The van der Waals surface area contributed by atoms with E-state index in [-0.39, 0.29) is 5.91 Å². The lowest BCUT2D eigenvalue weighted by Gasteiger charge is -2.08. The highest BCUT2D eigenvalue weighted by Gasteiger charge is 2.08. The highest BCUT2D eigenvalue weighted by Crippen LogP contribution is 2.15. The summed E-state index contributed by atoms with van der Waals surface area (Å²) in [6.45, 7) is 1.30. The van der Waals surface area contributed by atoms with E-state index in [2.05, 4.69) is 38.4 Å². The van der Waals surface area contributed by atoms with Gasteiger partial charge in [-0.1, -0.05) is 36.4 Å². The molecular weight excluding hydrogens is 354 g/mol. The molecule has 0 atom stereocenters. The molecule has 2 aromatic carbocycles. The van der Waals surface area contributed by atoms with E-state index in [4.69, 9.17) is 0 Å². The van der Waals surface area contributed by atoms with E-state index in [1.165, 1.54) is 5.56 Å². The standard InChI is InChI=1S/C18H16BrN3O/c19-17-4-2-1-3-16(17)18(23)21-11-14-5-7-15(8-6-14)12-22-10-9-20-13-22/h1-10,13H,11-12H2,(H,21,23). The van der Waals surface area contributed by atoms with Crippen molar-refractivity contribution in [1.82, 2.24) is 14.9 Å². The summed E-state index contributed by atoms with van der Waals surface area (Å²) in [5, 5.41) is 2.94. The van der Waals surface area contributed by atoms with E-state index < -0.39 is 0 Å². The van der Waals surface area contributed by atoms with Gasteiger partial charge in [0, 0.05) is 30.0 Å². The van der Waals surface area contributed by atoms with Crippen LogP contribution in [0.25, 0.3) is 0 Å². The molecule has 0 aliphatic heterocycles. The zero-order valence-electron chi connectivity index (χ0n) is 12.4. The first-order chi connectivity index (χ1) is 11.2. The Morgan fingerprint density at radius 2 is 1.83 bits per heavy atom. The molecule has 0 saturated carbocycles. The summed E-state index contributed by atoms with van der Waals surface area (Å²) in [6.07, 6.45) is 5.50. The van der Waals surface area contributed by atoms with Gasteiger partial charge in [-0.3, -0.25) is 4.79 Å². The van der Waals surface area contributed by atoms with Crippen molar-refractivity contribution in [3.05, 3.63) is 88.4 Å². The van der Waals surface area contributed by atoms with Gasteiger partial charge in [-0.05, 0) is 39.2 Å². The lowest BCUT2D eigenvalue weighted by atomic mass is 10.1. The molecule has 0 spiro atoms. The van der Waals surface area contributed by atoms with Crippen LogP contribution in [-0.2, 0) is 13.1 Å². The molecule has 1 heterocycles. The molecule has 0 unspecified atom stereocenters. The second-order valence-electron chi connectivity index (χ2n) is 5.21. The summed E-state index contributed by atoms with van der Waals surface area (Å²) >= 11 is 3.39. The van der Waals surface area contributed by atoms with Gasteiger partial charge in [0.15, 0.2) is 0 Å². The first-order valence-electron chi connectivity index (χ1n) is 7.28. The van der Waals surface area contributed by atoms with Crippen LogP contribution in [0.2, 0.25) is 0 Å². The number of hydrogen-bond acceptors (Lipinski definition) is 2. The summed E-state index contributed by atoms with van der Waals surface area (Å²) in [7, 11) is 0. The fourth-order valence-electron chi connectivity index (χ4n) is 2.28. The summed E-state index contributed by atoms with van der Waals surface area (Å²) in [6, 6.07) is 15.6. The van der Waals surface area contributed by atoms with Crippen molar-refractivity contribution in [2.24, 2.45) is 0 Å². The molecule has 0 aliphatic carbocycles. The van der Waals surface area contributed by atoms with Gasteiger partial charge in [-0.2, -0.15) is 0 Å². The summed E-state index contributed by atoms with van der Waals surface area (Å²) < 4.78 is 2.82. The van der Waals surface area contributed by atoms with Gasteiger partial charge in [0.05, 0.1) is 11.9 Å². The van der Waals surface area contributed by atoms with Gasteiger partial charge in [-0.25, -0.2) is 4.98 Å². The van der Waals surface area contributed by atoms with Crippen molar-refractivity contribution in [3.8, 4) is 0 Å². The number of imidazole rings is 1. The normalized spacial score (nSPS) is 10.5. The minimum absolute atomic E-state index is 0.0834. The van der Waals surface area contributed by atoms with Crippen LogP contribution in [0.15, 0.2) is 71.7 Å². The molecule has 0 radical (unpaired) electrons. The van der Waals surface area contributed by atoms with Crippen LogP contribution >= 0.6 is 15.9 Å². The average Bonchev–Trinajstić information content (AvgIpc) is 3.07. The lowest BCUT2D eigenvalue weighted by Crippen LogP contribution is -2.23. The maximum Gasteiger partial charge on any atom is 0.252 e. The third-order valence-electron chi connectivity index (χ3n) is 3.52. The molecule has 5 heteroatoms. The molecule has 0 fully saturated rings. The van der Waals surface area contributed by atoms with Crippen LogP contribution in [0.4, 0.5) is 0 Å². The smallest absolute Gasteiger partial charge is 0.252 e. The van der Waals surface area contributed by atoms with Gasteiger partial charge in [-0.15, -0.1) is 0 Å².